The van der Waals surface area contributed by atoms with E-state index in [0.29, 0.717) is 11.3 Å². The molecule has 0 saturated carbocycles. The smallest absolute Gasteiger partial charge is 0.399 e. The summed E-state index contributed by atoms with van der Waals surface area (Å²) < 4.78 is 38.0. The van der Waals surface area contributed by atoms with E-state index in [1.165, 1.54) is 23.9 Å². The van der Waals surface area contributed by atoms with Crippen molar-refractivity contribution in [2.75, 3.05) is 11.5 Å². The summed E-state index contributed by atoms with van der Waals surface area (Å²) in [6, 6.07) is 3.97. The highest BCUT2D eigenvalue weighted by Gasteiger charge is 2.33. The van der Waals surface area contributed by atoms with Crippen LogP contribution in [0, 0.1) is 0 Å². The van der Waals surface area contributed by atoms with Gasteiger partial charge in [0.25, 0.3) is 0 Å². The van der Waals surface area contributed by atoms with Gasteiger partial charge in [-0.05, 0) is 29.9 Å². The minimum atomic E-state index is -4.32. The molecule has 0 aliphatic rings. The molecule has 0 spiro atoms. The lowest BCUT2D eigenvalue weighted by atomic mass is 10.1. The third-order valence-corrected chi connectivity index (χ3v) is 3.26. The SMILES string of the molecule is CCCSCc1ccc(N)cc1C(F)(F)F. The summed E-state index contributed by atoms with van der Waals surface area (Å²) in [5.41, 5.74) is 5.21. The first-order chi connectivity index (χ1) is 7.45. The van der Waals surface area contributed by atoms with Crippen molar-refractivity contribution >= 4 is 17.4 Å². The maximum absolute atomic E-state index is 12.7. The van der Waals surface area contributed by atoms with Gasteiger partial charge in [-0.25, -0.2) is 0 Å². The minimum Gasteiger partial charge on any atom is -0.399 e. The van der Waals surface area contributed by atoms with E-state index in [2.05, 4.69) is 0 Å². The third-order valence-electron chi connectivity index (χ3n) is 2.05. The summed E-state index contributed by atoms with van der Waals surface area (Å²) in [4.78, 5) is 0. The van der Waals surface area contributed by atoms with Gasteiger partial charge in [0, 0.05) is 11.4 Å². The molecule has 5 heteroatoms. The molecule has 2 N–H and O–H groups in total. The Morgan fingerprint density at radius 1 is 1.31 bits per heavy atom. The molecular weight excluding hydrogens is 235 g/mol. The molecular formula is C11H14F3NS. The molecule has 1 nitrogen and oxygen atoms in total. The lowest BCUT2D eigenvalue weighted by molar-refractivity contribution is -0.138. The molecule has 16 heavy (non-hydrogen) atoms. The van der Waals surface area contributed by atoms with Gasteiger partial charge in [-0.15, -0.1) is 0 Å². The first-order valence-corrected chi connectivity index (χ1v) is 6.14. The number of anilines is 1. The average Bonchev–Trinajstić information content (AvgIpc) is 2.19. The summed E-state index contributed by atoms with van der Waals surface area (Å²) in [7, 11) is 0. The molecule has 0 aromatic heterocycles. The number of alkyl halides is 3. The summed E-state index contributed by atoms with van der Waals surface area (Å²) in [5, 5.41) is 0. The zero-order valence-corrected chi connectivity index (χ0v) is 9.79. The van der Waals surface area contributed by atoms with E-state index in [1.54, 1.807) is 0 Å². The highest BCUT2D eigenvalue weighted by molar-refractivity contribution is 7.98. The first-order valence-electron chi connectivity index (χ1n) is 4.98. The molecule has 0 aliphatic heterocycles. The Balaban J connectivity index is 2.90. The Bertz CT molecular complexity index is 350. The number of benzene rings is 1. The van der Waals surface area contributed by atoms with E-state index >= 15 is 0 Å². The predicted octanol–water partition coefficient (Wildman–Crippen LogP) is 3.93. The van der Waals surface area contributed by atoms with Crippen LogP contribution in [0.1, 0.15) is 24.5 Å². The lowest BCUT2D eigenvalue weighted by Crippen LogP contribution is -2.09. The van der Waals surface area contributed by atoms with E-state index in [4.69, 9.17) is 5.73 Å². The third kappa shape index (κ3) is 3.63. The highest BCUT2D eigenvalue weighted by atomic mass is 32.2. The molecule has 0 saturated heterocycles. The second-order valence-electron chi connectivity index (χ2n) is 3.47. The van der Waals surface area contributed by atoms with Crippen LogP contribution in [0.15, 0.2) is 18.2 Å². The van der Waals surface area contributed by atoms with Gasteiger partial charge in [0.1, 0.15) is 0 Å². The summed E-state index contributed by atoms with van der Waals surface area (Å²) in [6.45, 7) is 2.00. The first kappa shape index (κ1) is 13.2. The molecule has 0 aliphatic carbocycles. The van der Waals surface area contributed by atoms with Gasteiger partial charge >= 0.3 is 6.18 Å². The number of hydrogen-bond acceptors (Lipinski definition) is 2. The molecule has 0 heterocycles. The zero-order valence-electron chi connectivity index (χ0n) is 8.97. The summed E-state index contributed by atoms with van der Waals surface area (Å²) >= 11 is 1.50. The largest absolute Gasteiger partial charge is 0.416 e. The van der Waals surface area contributed by atoms with Crippen LogP contribution in [0.25, 0.3) is 0 Å². The number of nitrogen functional groups attached to an aromatic ring is 1. The van der Waals surface area contributed by atoms with Gasteiger partial charge in [-0.1, -0.05) is 13.0 Å². The van der Waals surface area contributed by atoms with Gasteiger partial charge in [-0.3, -0.25) is 0 Å². The fourth-order valence-corrected chi connectivity index (χ4v) is 2.21. The van der Waals surface area contributed by atoms with Gasteiger partial charge in [0.05, 0.1) is 5.56 Å². The van der Waals surface area contributed by atoms with Crippen LogP contribution in [0.5, 0.6) is 0 Å². The topological polar surface area (TPSA) is 26.0 Å². The Morgan fingerprint density at radius 2 is 2.00 bits per heavy atom. The van der Waals surface area contributed by atoms with Crippen LogP contribution in [0.4, 0.5) is 18.9 Å². The molecule has 90 valence electrons. The predicted molar refractivity (Wildman–Crippen MR) is 62.3 cm³/mol. The molecule has 0 amide bonds. The van der Waals surface area contributed by atoms with Crippen LogP contribution in [-0.2, 0) is 11.9 Å². The lowest BCUT2D eigenvalue weighted by Gasteiger charge is -2.13. The van der Waals surface area contributed by atoms with Crippen molar-refractivity contribution in [3.05, 3.63) is 29.3 Å². The van der Waals surface area contributed by atoms with Gasteiger partial charge < -0.3 is 5.73 Å². The number of nitrogens with two attached hydrogens (primary N) is 1. The summed E-state index contributed by atoms with van der Waals surface area (Å²) in [5.74, 6) is 1.24. The Kier molecular flexibility index (Phi) is 4.53. The van der Waals surface area contributed by atoms with E-state index in [0.717, 1.165) is 18.2 Å². The summed E-state index contributed by atoms with van der Waals surface area (Å²) in [6.07, 6.45) is -3.36. The Hall–Kier alpha value is -0.840. The maximum Gasteiger partial charge on any atom is 0.416 e. The molecule has 0 fully saturated rings. The fourth-order valence-electron chi connectivity index (χ4n) is 1.31. The van der Waals surface area contributed by atoms with Crippen molar-refractivity contribution in [2.24, 2.45) is 0 Å². The van der Waals surface area contributed by atoms with Crippen molar-refractivity contribution in [3.8, 4) is 0 Å². The van der Waals surface area contributed by atoms with Gasteiger partial charge in [-0.2, -0.15) is 24.9 Å². The maximum atomic E-state index is 12.7. The Labute approximate surface area is 97.2 Å². The average molecular weight is 249 g/mol. The van der Waals surface area contributed by atoms with E-state index < -0.39 is 11.7 Å². The van der Waals surface area contributed by atoms with Gasteiger partial charge in [0.15, 0.2) is 0 Å². The standard InChI is InChI=1S/C11H14F3NS/c1-2-5-16-7-8-3-4-9(15)6-10(8)11(12,13)14/h3-4,6H,2,5,7,15H2,1H3. The van der Waals surface area contributed by atoms with Crippen LogP contribution in [0.2, 0.25) is 0 Å². The van der Waals surface area contributed by atoms with E-state index in [1.807, 2.05) is 6.92 Å². The van der Waals surface area contributed by atoms with Crippen molar-refractivity contribution < 1.29 is 13.2 Å². The Morgan fingerprint density at radius 3 is 2.56 bits per heavy atom. The van der Waals surface area contributed by atoms with Crippen LogP contribution >= 0.6 is 11.8 Å². The molecule has 1 aromatic rings. The number of rotatable bonds is 4. The monoisotopic (exact) mass is 249 g/mol. The normalized spacial score (nSPS) is 11.8. The van der Waals surface area contributed by atoms with Gasteiger partial charge in [0.2, 0.25) is 0 Å². The molecule has 0 atom stereocenters. The van der Waals surface area contributed by atoms with Crippen LogP contribution in [-0.4, -0.2) is 5.75 Å². The highest BCUT2D eigenvalue weighted by Crippen LogP contribution is 2.34. The molecule has 0 bridgehead atoms. The van der Waals surface area contributed by atoms with E-state index in [-0.39, 0.29) is 5.69 Å². The van der Waals surface area contributed by atoms with Crippen molar-refractivity contribution in [3.63, 3.8) is 0 Å². The molecule has 0 radical (unpaired) electrons. The fraction of sp³-hybridized carbons (Fsp3) is 0.455. The second-order valence-corrected chi connectivity index (χ2v) is 4.57. The zero-order chi connectivity index (χ0) is 12.2. The minimum absolute atomic E-state index is 0.150. The number of hydrogen-bond donors (Lipinski definition) is 1. The van der Waals surface area contributed by atoms with Crippen LogP contribution in [0.3, 0.4) is 0 Å². The van der Waals surface area contributed by atoms with Crippen LogP contribution < -0.4 is 5.73 Å². The van der Waals surface area contributed by atoms with Crippen molar-refractivity contribution in [2.45, 2.75) is 25.3 Å². The second kappa shape index (κ2) is 5.48. The number of halogens is 3. The number of thioether (sulfide) groups is 1. The molecule has 0 unspecified atom stereocenters. The molecule has 1 rings (SSSR count). The van der Waals surface area contributed by atoms with E-state index in [9.17, 15) is 13.2 Å². The quantitative estimate of drug-likeness (QED) is 0.646. The van der Waals surface area contributed by atoms with Crippen molar-refractivity contribution in [1.82, 2.24) is 0 Å². The van der Waals surface area contributed by atoms with Crippen molar-refractivity contribution in [1.29, 1.82) is 0 Å². The molecule has 1 aromatic carbocycles.